The van der Waals surface area contributed by atoms with E-state index in [1.165, 1.54) is 0 Å². The van der Waals surface area contributed by atoms with Crippen LogP contribution in [-0.4, -0.2) is 34.9 Å². The minimum atomic E-state index is -2.70. The minimum Gasteiger partial charge on any atom is -0.374 e. The van der Waals surface area contributed by atoms with Gasteiger partial charge in [-0.25, -0.2) is 4.68 Å². The maximum Gasteiger partial charge on any atom is 0.333 e. The standard InChI is InChI=1S/C16H23F2N3O2/c1-9(2)15-12(5-6-23-15)8-19-14(22)7-13-10(3)20-21(11(13)4)16(17)18/h12,15-16H,1,5-8H2,2-4H3,(H,19,22). The Morgan fingerprint density at radius 1 is 1.52 bits per heavy atom. The van der Waals surface area contributed by atoms with Crippen molar-refractivity contribution in [3.8, 4) is 0 Å². The van der Waals surface area contributed by atoms with E-state index in [0.717, 1.165) is 12.0 Å². The van der Waals surface area contributed by atoms with E-state index in [0.29, 0.717) is 34.8 Å². The molecule has 0 spiro atoms. The minimum absolute atomic E-state index is 0.0274. The van der Waals surface area contributed by atoms with Crippen molar-refractivity contribution in [3.05, 3.63) is 29.1 Å². The predicted octanol–water partition coefficient (Wildman–Crippen LogP) is 2.53. The van der Waals surface area contributed by atoms with Gasteiger partial charge in [0.1, 0.15) is 0 Å². The lowest BCUT2D eigenvalue weighted by Crippen LogP contribution is -2.34. The van der Waals surface area contributed by atoms with Crippen LogP contribution in [0.25, 0.3) is 0 Å². The first-order valence-electron chi connectivity index (χ1n) is 7.67. The number of rotatable bonds is 6. The van der Waals surface area contributed by atoms with Gasteiger partial charge in [0.2, 0.25) is 5.91 Å². The van der Waals surface area contributed by atoms with Crippen LogP contribution in [0.1, 0.15) is 36.8 Å². The second-order valence-corrected chi connectivity index (χ2v) is 6.04. The van der Waals surface area contributed by atoms with Crippen molar-refractivity contribution in [2.24, 2.45) is 5.92 Å². The highest BCUT2D eigenvalue weighted by molar-refractivity contribution is 5.79. The molecule has 1 aromatic rings. The van der Waals surface area contributed by atoms with Gasteiger partial charge < -0.3 is 10.1 Å². The van der Waals surface area contributed by atoms with Gasteiger partial charge in [-0.3, -0.25) is 4.79 Å². The number of aryl methyl sites for hydroxylation is 1. The highest BCUT2D eigenvalue weighted by Gasteiger charge is 2.29. The van der Waals surface area contributed by atoms with Crippen molar-refractivity contribution in [1.29, 1.82) is 0 Å². The summed E-state index contributed by atoms with van der Waals surface area (Å²) in [4.78, 5) is 12.1. The van der Waals surface area contributed by atoms with Gasteiger partial charge in [-0.05, 0) is 27.2 Å². The van der Waals surface area contributed by atoms with E-state index in [2.05, 4.69) is 17.0 Å². The summed E-state index contributed by atoms with van der Waals surface area (Å²) in [6.07, 6.45) is 0.898. The molecule has 0 bridgehead atoms. The number of nitrogens with zero attached hydrogens (tertiary/aromatic N) is 2. The third-order valence-electron chi connectivity index (χ3n) is 4.26. The molecule has 0 saturated carbocycles. The molecule has 1 fully saturated rings. The Labute approximate surface area is 134 Å². The molecule has 1 aliphatic rings. The van der Waals surface area contributed by atoms with Crippen molar-refractivity contribution >= 4 is 5.91 Å². The van der Waals surface area contributed by atoms with E-state index in [9.17, 15) is 13.6 Å². The van der Waals surface area contributed by atoms with E-state index < -0.39 is 6.55 Å². The van der Waals surface area contributed by atoms with Crippen LogP contribution in [-0.2, 0) is 16.0 Å². The largest absolute Gasteiger partial charge is 0.374 e. The van der Waals surface area contributed by atoms with Crippen molar-refractivity contribution < 1.29 is 18.3 Å². The summed E-state index contributed by atoms with van der Waals surface area (Å²) in [6.45, 7) is 7.47. The van der Waals surface area contributed by atoms with Crippen molar-refractivity contribution in [2.75, 3.05) is 13.2 Å². The van der Waals surface area contributed by atoms with Crippen LogP contribution in [0.4, 0.5) is 8.78 Å². The number of aromatic nitrogens is 2. The molecule has 1 aliphatic heterocycles. The van der Waals surface area contributed by atoms with E-state index in [-0.39, 0.29) is 24.3 Å². The highest BCUT2D eigenvalue weighted by Crippen LogP contribution is 2.25. The topological polar surface area (TPSA) is 56.1 Å². The lowest BCUT2D eigenvalue weighted by Gasteiger charge is -2.19. The molecule has 23 heavy (non-hydrogen) atoms. The number of nitrogens with one attached hydrogen (secondary N) is 1. The fourth-order valence-electron chi connectivity index (χ4n) is 3.00. The first kappa shape index (κ1) is 17.6. The zero-order chi connectivity index (χ0) is 17.1. The van der Waals surface area contributed by atoms with E-state index in [1.807, 2.05) is 6.92 Å². The van der Waals surface area contributed by atoms with Crippen LogP contribution >= 0.6 is 0 Å². The Kier molecular flexibility index (Phi) is 5.51. The number of amides is 1. The van der Waals surface area contributed by atoms with Crippen LogP contribution < -0.4 is 5.32 Å². The summed E-state index contributed by atoms with van der Waals surface area (Å²) in [5.74, 6) is 0.0137. The van der Waals surface area contributed by atoms with Gasteiger partial charge in [-0.2, -0.15) is 13.9 Å². The van der Waals surface area contributed by atoms with Crippen molar-refractivity contribution in [2.45, 2.75) is 46.3 Å². The molecule has 0 aliphatic carbocycles. The average molecular weight is 327 g/mol. The first-order chi connectivity index (χ1) is 10.8. The second-order valence-electron chi connectivity index (χ2n) is 6.04. The number of carbonyl (C=O) groups excluding carboxylic acids is 1. The van der Waals surface area contributed by atoms with Gasteiger partial charge >= 0.3 is 6.55 Å². The summed E-state index contributed by atoms with van der Waals surface area (Å²) in [6, 6.07) is 0. The van der Waals surface area contributed by atoms with Crippen molar-refractivity contribution in [1.82, 2.24) is 15.1 Å². The van der Waals surface area contributed by atoms with Gasteiger partial charge in [0.15, 0.2) is 0 Å². The quantitative estimate of drug-likeness (QED) is 0.817. The third-order valence-corrected chi connectivity index (χ3v) is 4.26. The molecule has 2 rings (SSSR count). The number of hydrogen-bond donors (Lipinski definition) is 1. The molecule has 2 unspecified atom stereocenters. The normalized spacial score (nSPS) is 21.0. The molecule has 1 saturated heterocycles. The Balaban J connectivity index is 1.94. The summed E-state index contributed by atoms with van der Waals surface area (Å²) in [5, 5.41) is 6.66. The van der Waals surface area contributed by atoms with Gasteiger partial charge in [0.05, 0.1) is 18.2 Å². The Morgan fingerprint density at radius 2 is 2.22 bits per heavy atom. The van der Waals surface area contributed by atoms with Crippen LogP contribution in [0.5, 0.6) is 0 Å². The number of carbonyl (C=O) groups is 1. The molecule has 2 heterocycles. The molecule has 1 amide bonds. The zero-order valence-electron chi connectivity index (χ0n) is 13.7. The van der Waals surface area contributed by atoms with Gasteiger partial charge in [0, 0.05) is 30.3 Å². The number of alkyl halides is 2. The van der Waals surface area contributed by atoms with E-state index in [1.54, 1.807) is 13.8 Å². The molecular weight excluding hydrogens is 304 g/mol. The Bertz CT molecular complexity index is 598. The summed E-state index contributed by atoms with van der Waals surface area (Å²) in [7, 11) is 0. The monoisotopic (exact) mass is 327 g/mol. The fourth-order valence-corrected chi connectivity index (χ4v) is 3.00. The van der Waals surface area contributed by atoms with Crippen LogP contribution in [0.2, 0.25) is 0 Å². The van der Waals surface area contributed by atoms with Gasteiger partial charge in [-0.15, -0.1) is 0 Å². The van der Waals surface area contributed by atoms with E-state index in [4.69, 9.17) is 4.74 Å². The molecule has 7 heteroatoms. The molecule has 2 atom stereocenters. The third kappa shape index (κ3) is 3.96. The summed E-state index contributed by atoms with van der Waals surface area (Å²) in [5.41, 5.74) is 2.30. The van der Waals surface area contributed by atoms with Crippen LogP contribution in [0.3, 0.4) is 0 Å². The van der Waals surface area contributed by atoms with Gasteiger partial charge in [-0.1, -0.05) is 12.2 Å². The number of halogens is 2. The number of hydrogen-bond acceptors (Lipinski definition) is 3. The molecule has 1 aromatic heterocycles. The molecule has 5 nitrogen and oxygen atoms in total. The lowest BCUT2D eigenvalue weighted by atomic mass is 9.97. The molecule has 0 aromatic carbocycles. The predicted molar refractivity (Wildman–Crippen MR) is 82.3 cm³/mol. The SMILES string of the molecule is C=C(C)C1OCCC1CNC(=O)Cc1c(C)nn(C(F)F)c1C. The van der Waals surface area contributed by atoms with Crippen LogP contribution in [0, 0.1) is 19.8 Å². The van der Waals surface area contributed by atoms with Gasteiger partial charge in [0.25, 0.3) is 0 Å². The molecule has 0 radical (unpaired) electrons. The summed E-state index contributed by atoms with van der Waals surface area (Å²) < 4.78 is 31.9. The lowest BCUT2D eigenvalue weighted by molar-refractivity contribution is -0.120. The maximum absolute atomic E-state index is 12.8. The smallest absolute Gasteiger partial charge is 0.333 e. The van der Waals surface area contributed by atoms with E-state index >= 15 is 0 Å². The average Bonchev–Trinajstić information content (AvgIpc) is 3.04. The second kappa shape index (κ2) is 7.21. The van der Waals surface area contributed by atoms with Crippen molar-refractivity contribution in [3.63, 3.8) is 0 Å². The highest BCUT2D eigenvalue weighted by atomic mass is 19.3. The maximum atomic E-state index is 12.8. The Morgan fingerprint density at radius 3 is 2.78 bits per heavy atom. The summed E-state index contributed by atoms with van der Waals surface area (Å²) >= 11 is 0. The number of ether oxygens (including phenoxy) is 1. The Hall–Kier alpha value is -1.76. The fraction of sp³-hybridized carbons (Fsp3) is 0.625. The molecule has 1 N–H and O–H groups in total. The molecule has 128 valence electrons. The van der Waals surface area contributed by atoms with Crippen LogP contribution in [0.15, 0.2) is 12.2 Å². The first-order valence-corrected chi connectivity index (χ1v) is 7.67. The molecular formula is C16H23F2N3O2. The zero-order valence-corrected chi connectivity index (χ0v) is 13.7.